The molecule has 0 bridgehead atoms. The molecule has 0 aliphatic carbocycles. The Bertz CT molecular complexity index is 656. The van der Waals surface area contributed by atoms with Crippen LogP contribution in [0.15, 0.2) is 48.5 Å². The first-order valence-corrected chi connectivity index (χ1v) is 5.94. The summed E-state index contributed by atoms with van der Waals surface area (Å²) in [7, 11) is 1.44. The van der Waals surface area contributed by atoms with Crippen LogP contribution in [-0.4, -0.2) is 18.9 Å². The van der Waals surface area contributed by atoms with Gasteiger partial charge in [0.05, 0.1) is 11.3 Å². The number of rotatable bonds is 3. The van der Waals surface area contributed by atoms with Gasteiger partial charge in [-0.25, -0.2) is 4.39 Å². The van der Waals surface area contributed by atoms with Gasteiger partial charge in [0.2, 0.25) is 0 Å². The Morgan fingerprint density at radius 3 is 2.30 bits per heavy atom. The van der Waals surface area contributed by atoms with E-state index in [0.717, 1.165) is 4.90 Å². The van der Waals surface area contributed by atoms with Crippen molar-refractivity contribution < 1.29 is 14.0 Å². The van der Waals surface area contributed by atoms with Crippen molar-refractivity contribution in [2.24, 2.45) is 5.73 Å². The highest BCUT2D eigenvalue weighted by Gasteiger charge is 2.19. The van der Waals surface area contributed by atoms with Crippen molar-refractivity contribution in [2.75, 3.05) is 11.9 Å². The molecule has 0 radical (unpaired) electrons. The minimum Gasteiger partial charge on any atom is -0.366 e. The molecule has 0 aromatic heterocycles. The zero-order valence-corrected chi connectivity index (χ0v) is 10.8. The number of anilines is 1. The molecular weight excluding hydrogens is 259 g/mol. The monoisotopic (exact) mass is 272 g/mol. The molecule has 0 saturated carbocycles. The highest BCUT2D eigenvalue weighted by Crippen LogP contribution is 2.22. The SMILES string of the molecule is CN(C(=O)c1ccccc1)c1cccc(C(N)=O)c1F. The number of halogens is 1. The number of carbonyl (C=O) groups excluding carboxylic acids is 2. The zero-order valence-electron chi connectivity index (χ0n) is 10.8. The number of hydrogen-bond acceptors (Lipinski definition) is 2. The van der Waals surface area contributed by atoms with Crippen LogP contribution >= 0.6 is 0 Å². The summed E-state index contributed by atoms with van der Waals surface area (Å²) in [6.07, 6.45) is 0. The number of amides is 2. The van der Waals surface area contributed by atoms with Gasteiger partial charge in [-0.2, -0.15) is 0 Å². The molecule has 0 aliphatic heterocycles. The van der Waals surface area contributed by atoms with Crippen LogP contribution in [0.5, 0.6) is 0 Å². The van der Waals surface area contributed by atoms with Crippen LogP contribution in [0.4, 0.5) is 10.1 Å². The molecule has 4 nitrogen and oxygen atoms in total. The van der Waals surface area contributed by atoms with Gasteiger partial charge in [0.25, 0.3) is 11.8 Å². The standard InChI is InChI=1S/C15H13FN2O2/c1-18(15(20)10-6-3-2-4-7-10)12-9-5-8-11(13(12)16)14(17)19/h2-9H,1H3,(H2,17,19). The van der Waals surface area contributed by atoms with E-state index in [0.29, 0.717) is 5.56 Å². The normalized spacial score (nSPS) is 10.1. The molecule has 2 rings (SSSR count). The first-order chi connectivity index (χ1) is 9.52. The third-order valence-electron chi connectivity index (χ3n) is 2.93. The van der Waals surface area contributed by atoms with Gasteiger partial charge in [0, 0.05) is 12.6 Å². The van der Waals surface area contributed by atoms with Crippen LogP contribution < -0.4 is 10.6 Å². The second kappa shape index (κ2) is 5.52. The van der Waals surface area contributed by atoms with E-state index >= 15 is 0 Å². The van der Waals surface area contributed by atoms with Crippen LogP contribution in [0.1, 0.15) is 20.7 Å². The van der Waals surface area contributed by atoms with E-state index in [1.807, 2.05) is 0 Å². The van der Waals surface area contributed by atoms with Crippen molar-refractivity contribution in [3.05, 3.63) is 65.5 Å². The summed E-state index contributed by atoms with van der Waals surface area (Å²) in [5, 5.41) is 0. The number of nitrogens with zero attached hydrogens (tertiary/aromatic N) is 1. The Labute approximate surface area is 115 Å². The predicted molar refractivity (Wildman–Crippen MR) is 74.1 cm³/mol. The Morgan fingerprint density at radius 2 is 1.70 bits per heavy atom. The molecule has 2 aromatic carbocycles. The number of nitrogens with two attached hydrogens (primary N) is 1. The Balaban J connectivity index is 2.39. The van der Waals surface area contributed by atoms with Gasteiger partial charge in [-0.15, -0.1) is 0 Å². The van der Waals surface area contributed by atoms with Crippen molar-refractivity contribution in [3.63, 3.8) is 0 Å². The fraction of sp³-hybridized carbons (Fsp3) is 0.0667. The molecule has 5 heteroatoms. The van der Waals surface area contributed by atoms with Crippen molar-refractivity contribution in [1.82, 2.24) is 0 Å². The van der Waals surface area contributed by atoms with Gasteiger partial charge < -0.3 is 10.6 Å². The molecule has 0 unspecified atom stereocenters. The maximum absolute atomic E-state index is 14.2. The summed E-state index contributed by atoms with van der Waals surface area (Å²) in [5.74, 6) is -2.04. The molecule has 0 atom stereocenters. The number of hydrogen-bond donors (Lipinski definition) is 1. The quantitative estimate of drug-likeness (QED) is 0.931. The fourth-order valence-corrected chi connectivity index (χ4v) is 1.85. The lowest BCUT2D eigenvalue weighted by Gasteiger charge is -2.18. The molecule has 0 fully saturated rings. The fourth-order valence-electron chi connectivity index (χ4n) is 1.85. The second-order valence-electron chi connectivity index (χ2n) is 4.23. The summed E-state index contributed by atoms with van der Waals surface area (Å²) in [6, 6.07) is 12.7. The Hall–Kier alpha value is -2.69. The molecule has 20 heavy (non-hydrogen) atoms. The molecule has 102 valence electrons. The van der Waals surface area contributed by atoms with E-state index in [2.05, 4.69) is 0 Å². The second-order valence-corrected chi connectivity index (χ2v) is 4.23. The van der Waals surface area contributed by atoms with Crippen LogP contribution in [0.25, 0.3) is 0 Å². The number of primary amides is 1. The lowest BCUT2D eigenvalue weighted by Crippen LogP contribution is -2.28. The summed E-state index contributed by atoms with van der Waals surface area (Å²) in [5.41, 5.74) is 5.29. The smallest absolute Gasteiger partial charge is 0.258 e. The van der Waals surface area contributed by atoms with Crippen molar-refractivity contribution in [3.8, 4) is 0 Å². The first-order valence-electron chi connectivity index (χ1n) is 5.94. The van der Waals surface area contributed by atoms with E-state index in [9.17, 15) is 14.0 Å². The topological polar surface area (TPSA) is 63.4 Å². The number of carbonyl (C=O) groups is 2. The summed E-state index contributed by atoms with van der Waals surface area (Å²) in [6.45, 7) is 0. The van der Waals surface area contributed by atoms with Gasteiger partial charge >= 0.3 is 0 Å². The minimum absolute atomic E-state index is 0.00940. The van der Waals surface area contributed by atoms with E-state index in [1.165, 1.54) is 25.2 Å². The van der Waals surface area contributed by atoms with Gasteiger partial charge in [0.15, 0.2) is 5.82 Å². The maximum Gasteiger partial charge on any atom is 0.258 e. The third kappa shape index (κ3) is 2.51. The van der Waals surface area contributed by atoms with Gasteiger partial charge in [0.1, 0.15) is 0 Å². The van der Waals surface area contributed by atoms with Crippen molar-refractivity contribution >= 4 is 17.5 Å². The Morgan fingerprint density at radius 1 is 1.05 bits per heavy atom. The highest BCUT2D eigenvalue weighted by atomic mass is 19.1. The van der Waals surface area contributed by atoms with E-state index in [1.54, 1.807) is 30.3 Å². The van der Waals surface area contributed by atoms with E-state index in [-0.39, 0.29) is 17.2 Å². The lowest BCUT2D eigenvalue weighted by atomic mass is 10.1. The van der Waals surface area contributed by atoms with Crippen LogP contribution in [0.3, 0.4) is 0 Å². The first kappa shape index (κ1) is 13.7. The molecule has 0 spiro atoms. The van der Waals surface area contributed by atoms with Gasteiger partial charge in [-0.1, -0.05) is 24.3 Å². The lowest BCUT2D eigenvalue weighted by molar-refractivity contribution is 0.0981. The zero-order chi connectivity index (χ0) is 14.7. The molecular formula is C15H13FN2O2. The molecule has 0 aliphatic rings. The van der Waals surface area contributed by atoms with Crippen LogP contribution in [-0.2, 0) is 0 Å². The van der Waals surface area contributed by atoms with Crippen LogP contribution in [0.2, 0.25) is 0 Å². The molecule has 0 saturated heterocycles. The van der Waals surface area contributed by atoms with Gasteiger partial charge in [-0.05, 0) is 24.3 Å². The average molecular weight is 272 g/mol. The number of benzene rings is 2. The summed E-state index contributed by atoms with van der Waals surface area (Å²) >= 11 is 0. The van der Waals surface area contributed by atoms with Crippen molar-refractivity contribution in [2.45, 2.75) is 0 Å². The largest absolute Gasteiger partial charge is 0.366 e. The summed E-state index contributed by atoms with van der Waals surface area (Å²) < 4.78 is 14.2. The van der Waals surface area contributed by atoms with Crippen molar-refractivity contribution in [1.29, 1.82) is 0 Å². The Kier molecular flexibility index (Phi) is 3.79. The minimum atomic E-state index is -0.870. The summed E-state index contributed by atoms with van der Waals surface area (Å²) in [4.78, 5) is 24.5. The van der Waals surface area contributed by atoms with E-state index in [4.69, 9.17) is 5.73 Å². The highest BCUT2D eigenvalue weighted by molar-refractivity contribution is 6.06. The van der Waals surface area contributed by atoms with Crippen LogP contribution in [0, 0.1) is 5.82 Å². The molecule has 2 amide bonds. The average Bonchev–Trinajstić information content (AvgIpc) is 2.46. The van der Waals surface area contributed by atoms with E-state index < -0.39 is 11.7 Å². The van der Waals surface area contributed by atoms with Gasteiger partial charge in [-0.3, -0.25) is 9.59 Å². The molecule has 2 N–H and O–H groups in total. The molecule has 2 aromatic rings. The third-order valence-corrected chi connectivity index (χ3v) is 2.93. The molecule has 0 heterocycles. The predicted octanol–water partition coefficient (Wildman–Crippen LogP) is 2.20. The maximum atomic E-state index is 14.2.